The summed E-state index contributed by atoms with van der Waals surface area (Å²) >= 11 is 0. The molecule has 0 aliphatic heterocycles. The Hall–Kier alpha value is -2.87. The van der Waals surface area contributed by atoms with E-state index in [2.05, 4.69) is 10.0 Å². The van der Waals surface area contributed by atoms with E-state index in [1.807, 2.05) is 0 Å². The Kier molecular flexibility index (Phi) is 4.89. The van der Waals surface area contributed by atoms with Crippen molar-refractivity contribution >= 4 is 33.3 Å². The van der Waals surface area contributed by atoms with Crippen LogP contribution in [0.5, 0.6) is 0 Å². The number of sulfonamides is 1. The van der Waals surface area contributed by atoms with Crippen molar-refractivity contribution in [3.63, 3.8) is 0 Å². The van der Waals surface area contributed by atoms with Gasteiger partial charge in [0.1, 0.15) is 0 Å². The van der Waals surface area contributed by atoms with Crippen LogP contribution in [0.25, 0.3) is 0 Å². The fourth-order valence-electron chi connectivity index (χ4n) is 2.10. The minimum atomic E-state index is -3.94. The van der Waals surface area contributed by atoms with Crippen molar-refractivity contribution < 1.29 is 23.1 Å². The molecule has 3 N–H and O–H groups in total. The minimum Gasteiger partial charge on any atom is -0.478 e. The van der Waals surface area contributed by atoms with Crippen molar-refractivity contribution in [3.05, 3.63) is 53.6 Å². The van der Waals surface area contributed by atoms with Crippen LogP contribution in [0, 0.1) is 6.92 Å². The number of nitrogens with one attached hydrogen (secondary N) is 2. The quantitative estimate of drug-likeness (QED) is 0.768. The highest BCUT2D eigenvalue weighted by atomic mass is 32.2. The maximum Gasteiger partial charge on any atom is 0.335 e. The SMILES string of the molecule is CC(=O)Nc1ccc(C)c(S(=O)(=O)Nc2cccc(C(=O)O)c2)c1. The molecule has 0 saturated carbocycles. The molecule has 2 rings (SSSR count). The molecule has 0 atom stereocenters. The molecular weight excluding hydrogens is 332 g/mol. The van der Waals surface area contributed by atoms with Crippen LogP contribution in [0.3, 0.4) is 0 Å². The third-order valence-corrected chi connectivity index (χ3v) is 4.68. The number of carbonyl (C=O) groups is 2. The summed E-state index contributed by atoms with van der Waals surface area (Å²) in [5.41, 5.74) is 0.955. The van der Waals surface area contributed by atoms with Crippen molar-refractivity contribution in [2.45, 2.75) is 18.7 Å². The molecule has 24 heavy (non-hydrogen) atoms. The molecule has 0 unspecified atom stereocenters. The normalized spacial score (nSPS) is 10.9. The Morgan fingerprint density at radius 1 is 1.04 bits per heavy atom. The van der Waals surface area contributed by atoms with E-state index in [0.29, 0.717) is 11.3 Å². The lowest BCUT2D eigenvalue weighted by molar-refractivity contribution is -0.114. The maximum atomic E-state index is 12.6. The van der Waals surface area contributed by atoms with Crippen LogP contribution in [0.2, 0.25) is 0 Å². The van der Waals surface area contributed by atoms with Crippen molar-refractivity contribution in [3.8, 4) is 0 Å². The Morgan fingerprint density at radius 2 is 1.75 bits per heavy atom. The van der Waals surface area contributed by atoms with Crippen LogP contribution in [0.1, 0.15) is 22.8 Å². The molecule has 0 bridgehead atoms. The number of anilines is 2. The van der Waals surface area contributed by atoms with Crippen LogP contribution in [-0.4, -0.2) is 25.4 Å². The molecule has 7 nitrogen and oxygen atoms in total. The summed E-state index contributed by atoms with van der Waals surface area (Å²) in [5.74, 6) is -1.47. The molecule has 2 aromatic rings. The molecule has 0 heterocycles. The zero-order valence-corrected chi connectivity index (χ0v) is 13.8. The summed E-state index contributed by atoms with van der Waals surface area (Å²) in [6.07, 6.45) is 0. The highest BCUT2D eigenvalue weighted by molar-refractivity contribution is 7.92. The first-order valence-corrected chi connectivity index (χ1v) is 8.42. The standard InChI is InChI=1S/C16H16N2O5S/c1-10-6-7-13(17-11(2)19)9-15(10)24(22,23)18-14-5-3-4-12(8-14)16(20)21/h3-9,18H,1-2H3,(H,17,19)(H,20,21). The second kappa shape index (κ2) is 6.71. The third-order valence-electron chi connectivity index (χ3n) is 3.16. The first kappa shape index (κ1) is 17.5. The van der Waals surface area contributed by atoms with Gasteiger partial charge in [-0.05, 0) is 42.8 Å². The molecular formula is C16H16N2O5S. The Morgan fingerprint density at radius 3 is 2.38 bits per heavy atom. The third kappa shape index (κ3) is 4.11. The summed E-state index contributed by atoms with van der Waals surface area (Å²) < 4.78 is 27.5. The number of benzene rings is 2. The Balaban J connectivity index is 2.38. The predicted molar refractivity (Wildman–Crippen MR) is 89.7 cm³/mol. The highest BCUT2D eigenvalue weighted by Crippen LogP contribution is 2.23. The van der Waals surface area contributed by atoms with Crippen LogP contribution >= 0.6 is 0 Å². The van der Waals surface area contributed by atoms with Crippen molar-refractivity contribution in [1.29, 1.82) is 0 Å². The molecule has 126 valence electrons. The number of rotatable bonds is 5. The van der Waals surface area contributed by atoms with E-state index < -0.39 is 16.0 Å². The van der Waals surface area contributed by atoms with Gasteiger partial charge >= 0.3 is 5.97 Å². The number of aryl methyl sites for hydroxylation is 1. The van der Waals surface area contributed by atoms with Crippen molar-refractivity contribution in [1.82, 2.24) is 0 Å². The number of carboxylic acid groups (broad SMARTS) is 1. The van der Waals surface area contributed by atoms with Gasteiger partial charge in [0, 0.05) is 18.3 Å². The number of hydrogen-bond acceptors (Lipinski definition) is 4. The van der Waals surface area contributed by atoms with Gasteiger partial charge in [0.15, 0.2) is 0 Å². The molecule has 1 amide bonds. The number of carboxylic acids is 1. The summed E-state index contributed by atoms with van der Waals surface area (Å²) in [4.78, 5) is 22.1. The molecule has 0 radical (unpaired) electrons. The van der Waals surface area contributed by atoms with Gasteiger partial charge < -0.3 is 10.4 Å². The second-order valence-corrected chi connectivity index (χ2v) is 6.80. The van der Waals surface area contributed by atoms with E-state index in [1.165, 1.54) is 37.3 Å². The molecule has 0 spiro atoms. The van der Waals surface area contributed by atoms with E-state index >= 15 is 0 Å². The predicted octanol–water partition coefficient (Wildman–Crippen LogP) is 2.45. The average molecular weight is 348 g/mol. The van der Waals surface area contributed by atoms with Gasteiger partial charge in [-0.25, -0.2) is 13.2 Å². The molecule has 2 aromatic carbocycles. The zero-order valence-electron chi connectivity index (χ0n) is 13.0. The van der Waals surface area contributed by atoms with Gasteiger partial charge in [-0.2, -0.15) is 0 Å². The van der Waals surface area contributed by atoms with E-state index in [1.54, 1.807) is 19.1 Å². The topological polar surface area (TPSA) is 113 Å². The lowest BCUT2D eigenvalue weighted by atomic mass is 10.2. The minimum absolute atomic E-state index is 0.00511. The van der Waals surface area contributed by atoms with Gasteiger partial charge in [0.25, 0.3) is 10.0 Å². The molecule has 0 aromatic heterocycles. The first-order valence-electron chi connectivity index (χ1n) is 6.93. The van der Waals surface area contributed by atoms with Gasteiger partial charge in [0.2, 0.25) is 5.91 Å². The van der Waals surface area contributed by atoms with E-state index in [0.717, 1.165) is 0 Å². The summed E-state index contributed by atoms with van der Waals surface area (Å²) in [6, 6.07) is 10.0. The highest BCUT2D eigenvalue weighted by Gasteiger charge is 2.18. The van der Waals surface area contributed by atoms with Crippen LogP contribution in [0.4, 0.5) is 11.4 Å². The number of amides is 1. The fraction of sp³-hybridized carbons (Fsp3) is 0.125. The van der Waals surface area contributed by atoms with Gasteiger partial charge in [0.05, 0.1) is 10.5 Å². The smallest absolute Gasteiger partial charge is 0.335 e. The average Bonchev–Trinajstić information content (AvgIpc) is 2.48. The number of carbonyl (C=O) groups excluding carboxylic acids is 1. The summed E-state index contributed by atoms with van der Waals surface area (Å²) in [5, 5.41) is 11.5. The molecule has 0 aliphatic carbocycles. The van der Waals surface area contributed by atoms with Gasteiger partial charge in [-0.3, -0.25) is 9.52 Å². The van der Waals surface area contributed by atoms with E-state index in [9.17, 15) is 18.0 Å². The molecule has 0 aliphatic rings. The lowest BCUT2D eigenvalue weighted by Gasteiger charge is -2.12. The van der Waals surface area contributed by atoms with Crippen molar-refractivity contribution in [2.24, 2.45) is 0 Å². The van der Waals surface area contributed by atoms with Crippen LogP contribution in [0.15, 0.2) is 47.4 Å². The zero-order chi connectivity index (χ0) is 17.9. The number of hydrogen-bond donors (Lipinski definition) is 3. The fourth-order valence-corrected chi connectivity index (χ4v) is 3.42. The summed E-state index contributed by atoms with van der Waals surface area (Å²) in [6.45, 7) is 2.95. The Bertz CT molecular complexity index is 906. The number of aromatic carboxylic acids is 1. The summed E-state index contributed by atoms with van der Waals surface area (Å²) in [7, 11) is -3.94. The molecule has 0 saturated heterocycles. The molecule has 0 fully saturated rings. The van der Waals surface area contributed by atoms with Crippen LogP contribution < -0.4 is 10.0 Å². The lowest BCUT2D eigenvalue weighted by Crippen LogP contribution is -2.15. The van der Waals surface area contributed by atoms with E-state index in [-0.39, 0.29) is 22.1 Å². The Labute approximate surface area is 139 Å². The van der Waals surface area contributed by atoms with Crippen molar-refractivity contribution in [2.75, 3.05) is 10.0 Å². The van der Waals surface area contributed by atoms with E-state index in [4.69, 9.17) is 5.11 Å². The van der Waals surface area contributed by atoms with Crippen LogP contribution in [-0.2, 0) is 14.8 Å². The second-order valence-electron chi connectivity index (χ2n) is 5.15. The largest absolute Gasteiger partial charge is 0.478 e. The van der Waals surface area contributed by atoms with Gasteiger partial charge in [-0.15, -0.1) is 0 Å². The maximum absolute atomic E-state index is 12.6. The van der Waals surface area contributed by atoms with Gasteiger partial charge in [-0.1, -0.05) is 12.1 Å². The molecule has 8 heteroatoms. The first-order chi connectivity index (χ1) is 11.2. The monoisotopic (exact) mass is 348 g/mol.